The molecule has 3 heterocycles. The molecule has 0 saturated carbocycles. The lowest BCUT2D eigenvalue weighted by Gasteiger charge is -2.29. The molecule has 1 saturated heterocycles. The Morgan fingerprint density at radius 3 is 2.54 bits per heavy atom. The number of carbonyl (C=O) groups is 1. The fraction of sp³-hybridized carbons (Fsp3) is 0.115. The summed E-state index contributed by atoms with van der Waals surface area (Å²) in [7, 11) is 0. The highest BCUT2D eigenvalue weighted by atomic mass is 35.5. The molecule has 1 aliphatic rings. The van der Waals surface area contributed by atoms with Crippen LogP contribution in [0.3, 0.4) is 0 Å². The summed E-state index contributed by atoms with van der Waals surface area (Å²) < 4.78 is 15.8. The van der Waals surface area contributed by atoms with E-state index in [2.05, 4.69) is 15.6 Å². The van der Waals surface area contributed by atoms with Gasteiger partial charge in [0.05, 0.1) is 16.8 Å². The lowest BCUT2D eigenvalue weighted by Crippen LogP contribution is -2.30. The second kappa shape index (κ2) is 9.48. The third-order valence-electron chi connectivity index (χ3n) is 5.83. The average molecular weight is 506 g/mol. The number of anilines is 2. The van der Waals surface area contributed by atoms with Crippen molar-refractivity contribution in [3.63, 3.8) is 0 Å². The maximum absolute atomic E-state index is 13.9. The molecule has 1 amide bonds. The molecule has 2 aromatic carbocycles. The van der Waals surface area contributed by atoms with Crippen LogP contribution in [0.1, 0.15) is 30.4 Å². The van der Waals surface area contributed by atoms with Gasteiger partial charge in [0.1, 0.15) is 11.9 Å². The van der Waals surface area contributed by atoms with Crippen molar-refractivity contribution in [1.29, 1.82) is 0 Å². The molecule has 0 spiro atoms. The Morgan fingerprint density at radius 2 is 1.86 bits per heavy atom. The quantitative estimate of drug-likeness (QED) is 0.336. The fourth-order valence-corrected chi connectivity index (χ4v) is 4.87. The predicted molar refractivity (Wildman–Crippen MR) is 139 cm³/mol. The Balaban J connectivity index is 1.62. The summed E-state index contributed by atoms with van der Waals surface area (Å²) in [4.78, 5) is 18.0. The van der Waals surface area contributed by atoms with E-state index in [1.807, 2.05) is 70.3 Å². The van der Waals surface area contributed by atoms with Gasteiger partial charge in [0.2, 0.25) is 5.91 Å². The van der Waals surface area contributed by atoms with Crippen LogP contribution in [0.25, 0.3) is 5.69 Å². The zero-order valence-electron chi connectivity index (χ0n) is 18.7. The third-order valence-corrected chi connectivity index (χ3v) is 6.43. The Labute approximate surface area is 212 Å². The number of amides is 1. The van der Waals surface area contributed by atoms with E-state index < -0.39 is 5.82 Å². The van der Waals surface area contributed by atoms with Crippen LogP contribution in [-0.2, 0) is 4.79 Å². The van der Waals surface area contributed by atoms with Crippen LogP contribution in [0.2, 0.25) is 5.02 Å². The topological polar surface area (TPSA) is 62.2 Å². The number of nitrogens with one attached hydrogen (secondary N) is 2. The predicted octanol–water partition coefficient (Wildman–Crippen LogP) is 5.80. The summed E-state index contributed by atoms with van der Waals surface area (Å²) in [6.45, 7) is 1.47. The molecular formula is C26H21ClFN5OS. The zero-order valence-corrected chi connectivity index (χ0v) is 20.2. The lowest BCUT2D eigenvalue weighted by molar-refractivity contribution is -0.114. The molecule has 1 fully saturated rings. The van der Waals surface area contributed by atoms with Crippen LogP contribution >= 0.6 is 23.8 Å². The highest BCUT2D eigenvalue weighted by Crippen LogP contribution is 2.42. The second-order valence-electron chi connectivity index (χ2n) is 8.13. The molecule has 1 aliphatic heterocycles. The molecule has 4 aromatic rings. The summed E-state index contributed by atoms with van der Waals surface area (Å²) in [5.41, 5.74) is 4.03. The van der Waals surface area contributed by atoms with Gasteiger partial charge in [0.25, 0.3) is 0 Å². The van der Waals surface area contributed by atoms with Gasteiger partial charge in [-0.15, -0.1) is 0 Å². The minimum absolute atomic E-state index is 0.0499. The Morgan fingerprint density at radius 1 is 1.09 bits per heavy atom. The van der Waals surface area contributed by atoms with Crippen molar-refractivity contribution < 1.29 is 9.18 Å². The monoisotopic (exact) mass is 505 g/mol. The number of rotatable bonds is 5. The van der Waals surface area contributed by atoms with E-state index >= 15 is 0 Å². The first-order chi connectivity index (χ1) is 16.9. The maximum Gasteiger partial charge on any atom is 0.221 e. The van der Waals surface area contributed by atoms with E-state index in [0.717, 1.165) is 22.8 Å². The van der Waals surface area contributed by atoms with E-state index in [1.165, 1.54) is 13.0 Å². The van der Waals surface area contributed by atoms with Gasteiger partial charge in [-0.2, -0.15) is 0 Å². The number of pyridine rings is 1. The molecular weight excluding hydrogens is 485 g/mol. The van der Waals surface area contributed by atoms with E-state index in [-0.39, 0.29) is 23.0 Å². The van der Waals surface area contributed by atoms with Gasteiger partial charge in [-0.3, -0.25) is 9.78 Å². The number of carbonyl (C=O) groups excluding carboxylic acids is 1. The van der Waals surface area contributed by atoms with Crippen molar-refractivity contribution in [2.75, 3.05) is 10.2 Å². The molecule has 6 nitrogen and oxygen atoms in total. The Bertz CT molecular complexity index is 1390. The number of benzene rings is 2. The van der Waals surface area contributed by atoms with Crippen molar-refractivity contribution in [3.05, 3.63) is 107 Å². The molecule has 0 bridgehead atoms. The van der Waals surface area contributed by atoms with Gasteiger partial charge in [-0.25, -0.2) is 4.39 Å². The van der Waals surface area contributed by atoms with Crippen molar-refractivity contribution in [2.24, 2.45) is 0 Å². The number of halogens is 2. The number of hydrogen-bond acceptors (Lipinski definition) is 3. The summed E-state index contributed by atoms with van der Waals surface area (Å²) in [5, 5.41) is 6.81. The lowest BCUT2D eigenvalue weighted by atomic mass is 10.0. The molecule has 0 unspecified atom stereocenters. The third kappa shape index (κ3) is 4.50. The maximum atomic E-state index is 13.9. The largest absolute Gasteiger partial charge is 0.351 e. The van der Waals surface area contributed by atoms with Crippen LogP contribution in [0, 0.1) is 5.82 Å². The average Bonchev–Trinajstić information content (AvgIpc) is 3.46. The summed E-state index contributed by atoms with van der Waals surface area (Å²) in [6, 6.07) is 21.3. The normalized spacial score (nSPS) is 17.3. The standard InChI is InChI=1S/C26H21ClFN5OS/c1-16(34)30-17-7-9-18(10-8-17)33-25(24(31-26(33)35)22-5-2-3-13-29-22)23-6-4-14-32(23)19-11-12-21(28)20(27)15-19/h2-15,24-25H,1H3,(H,30,34)(H,31,35)/t24-,25-/m1/s1. The van der Waals surface area contributed by atoms with Crippen molar-refractivity contribution in [3.8, 4) is 5.69 Å². The molecule has 35 heavy (non-hydrogen) atoms. The molecule has 2 aromatic heterocycles. The second-order valence-corrected chi connectivity index (χ2v) is 8.92. The van der Waals surface area contributed by atoms with Crippen LogP contribution in [0.15, 0.2) is 85.2 Å². The Kier molecular flexibility index (Phi) is 6.23. The van der Waals surface area contributed by atoms with Gasteiger partial charge in [0.15, 0.2) is 5.11 Å². The SMILES string of the molecule is CC(=O)Nc1ccc(N2C(=S)N[C@H](c3ccccn3)[C@H]2c2cccn2-c2ccc(F)c(Cl)c2)cc1. The highest BCUT2D eigenvalue weighted by Gasteiger charge is 2.42. The van der Waals surface area contributed by atoms with Crippen LogP contribution in [-0.4, -0.2) is 20.6 Å². The summed E-state index contributed by atoms with van der Waals surface area (Å²) in [5.74, 6) is -0.611. The van der Waals surface area contributed by atoms with E-state index in [1.54, 1.807) is 18.3 Å². The molecule has 2 atom stereocenters. The smallest absolute Gasteiger partial charge is 0.221 e. The Hall–Kier alpha value is -3.75. The van der Waals surface area contributed by atoms with Gasteiger partial charge in [-0.1, -0.05) is 17.7 Å². The van der Waals surface area contributed by atoms with E-state index in [9.17, 15) is 9.18 Å². The van der Waals surface area contributed by atoms with Gasteiger partial charge < -0.3 is 20.1 Å². The van der Waals surface area contributed by atoms with Gasteiger partial charge >= 0.3 is 0 Å². The van der Waals surface area contributed by atoms with Crippen LogP contribution in [0.5, 0.6) is 0 Å². The van der Waals surface area contributed by atoms with Gasteiger partial charge in [0, 0.05) is 42.1 Å². The first-order valence-electron chi connectivity index (χ1n) is 10.9. The number of aromatic nitrogens is 2. The molecule has 0 radical (unpaired) electrons. The number of thiocarbonyl (C=S) groups is 1. The molecule has 0 aliphatic carbocycles. The summed E-state index contributed by atoms with van der Waals surface area (Å²) >= 11 is 11.9. The highest BCUT2D eigenvalue weighted by molar-refractivity contribution is 7.80. The van der Waals surface area contributed by atoms with Crippen LogP contribution < -0.4 is 15.5 Å². The minimum Gasteiger partial charge on any atom is -0.351 e. The van der Waals surface area contributed by atoms with Gasteiger partial charge in [-0.05, 0) is 78.9 Å². The molecule has 176 valence electrons. The number of hydrogen-bond donors (Lipinski definition) is 2. The van der Waals surface area contributed by atoms with E-state index in [0.29, 0.717) is 10.8 Å². The zero-order chi connectivity index (χ0) is 24.5. The van der Waals surface area contributed by atoms with Crippen molar-refractivity contribution in [1.82, 2.24) is 14.9 Å². The molecule has 9 heteroatoms. The fourth-order valence-electron chi connectivity index (χ4n) is 4.35. The minimum atomic E-state index is -0.472. The van der Waals surface area contributed by atoms with E-state index in [4.69, 9.17) is 23.8 Å². The first-order valence-corrected chi connectivity index (χ1v) is 11.7. The first kappa shape index (κ1) is 23.0. The van der Waals surface area contributed by atoms with Crippen molar-refractivity contribution >= 4 is 46.2 Å². The summed E-state index contributed by atoms with van der Waals surface area (Å²) in [6.07, 6.45) is 3.66. The van der Waals surface area contributed by atoms with Crippen molar-refractivity contribution in [2.45, 2.75) is 19.0 Å². The number of nitrogens with zero attached hydrogens (tertiary/aromatic N) is 3. The van der Waals surface area contributed by atoms with Crippen LogP contribution in [0.4, 0.5) is 15.8 Å². The molecule has 2 N–H and O–H groups in total. The molecule has 5 rings (SSSR count).